The maximum Gasteiger partial charge on any atom is 0.265 e. The number of halogens is 1. The largest absolute Gasteiger partial charge is 0.323 e. The number of hydrogen-bond donors (Lipinski definition) is 1. The Balaban J connectivity index is 1.59. The number of carbonyl (C=O) groups excluding carboxylic acids is 2. The van der Waals surface area contributed by atoms with Gasteiger partial charge in [-0.15, -0.1) is 0 Å². The van der Waals surface area contributed by atoms with E-state index >= 15 is 0 Å². The molecule has 0 bridgehead atoms. The highest BCUT2D eigenvalue weighted by molar-refractivity contribution is 7.93. The third-order valence-electron chi connectivity index (χ3n) is 5.32. The van der Waals surface area contributed by atoms with E-state index in [1.807, 2.05) is 0 Å². The van der Waals surface area contributed by atoms with E-state index in [2.05, 4.69) is 5.32 Å². The summed E-state index contributed by atoms with van der Waals surface area (Å²) < 4.78 is 41.7. The van der Waals surface area contributed by atoms with Crippen LogP contribution >= 0.6 is 0 Å². The summed E-state index contributed by atoms with van der Waals surface area (Å²) in [5.41, 5.74) is 1.93. The minimum Gasteiger partial charge on any atom is -0.323 e. The first-order valence-corrected chi connectivity index (χ1v) is 10.9. The lowest BCUT2D eigenvalue weighted by atomic mass is 10.0. The normalized spacial score (nSPS) is 16.1. The third kappa shape index (κ3) is 3.05. The lowest BCUT2D eigenvalue weighted by molar-refractivity contribution is -0.121. The van der Waals surface area contributed by atoms with Gasteiger partial charge < -0.3 is 5.32 Å². The number of carbonyl (C=O) groups is 2. The Labute approximate surface area is 177 Å². The van der Waals surface area contributed by atoms with Gasteiger partial charge in [0.05, 0.1) is 22.0 Å². The number of sulfonamides is 1. The van der Waals surface area contributed by atoms with Crippen molar-refractivity contribution in [3.63, 3.8) is 0 Å². The summed E-state index contributed by atoms with van der Waals surface area (Å²) in [5.74, 6) is -1.46. The van der Waals surface area contributed by atoms with Crippen LogP contribution in [0.25, 0.3) is 11.1 Å². The third-order valence-corrected chi connectivity index (χ3v) is 7.14. The number of amides is 2. The fourth-order valence-electron chi connectivity index (χ4n) is 3.94. The second kappa shape index (κ2) is 6.92. The molecule has 3 aromatic rings. The molecule has 31 heavy (non-hydrogen) atoms. The average molecular weight is 437 g/mol. The minimum absolute atomic E-state index is 0.00214. The molecule has 1 N–H and O–H groups in total. The molecule has 2 aliphatic rings. The fraction of sp³-hybridized carbons (Fsp3) is 0.0909. The molecule has 156 valence electrons. The van der Waals surface area contributed by atoms with Crippen molar-refractivity contribution in [3.8, 4) is 11.1 Å². The monoisotopic (exact) mass is 437 g/mol. The highest BCUT2D eigenvalue weighted by atomic mass is 32.2. The molecule has 0 unspecified atom stereocenters. The van der Waals surface area contributed by atoms with Crippen LogP contribution in [0, 0.1) is 5.82 Å². The molecule has 0 spiro atoms. The highest BCUT2D eigenvalue weighted by Crippen LogP contribution is 2.43. The number of hydrogen-bond acceptors (Lipinski definition) is 4. The second-order valence-corrected chi connectivity index (χ2v) is 9.05. The van der Waals surface area contributed by atoms with Crippen molar-refractivity contribution in [2.24, 2.45) is 0 Å². The number of para-hydroxylation sites is 2. The van der Waals surface area contributed by atoms with E-state index in [4.69, 9.17) is 0 Å². The van der Waals surface area contributed by atoms with E-state index in [1.165, 1.54) is 23.1 Å². The molecule has 0 atom stereocenters. The lowest BCUT2D eigenvalue weighted by Crippen LogP contribution is -2.48. The summed E-state index contributed by atoms with van der Waals surface area (Å²) in [6.45, 7) is -0.756. The fourth-order valence-corrected chi connectivity index (χ4v) is 5.58. The van der Waals surface area contributed by atoms with Crippen LogP contribution < -0.4 is 14.5 Å². The van der Waals surface area contributed by atoms with Crippen molar-refractivity contribution in [1.82, 2.24) is 0 Å². The number of benzene rings is 3. The highest BCUT2D eigenvalue weighted by Gasteiger charge is 2.38. The van der Waals surface area contributed by atoms with E-state index in [0.29, 0.717) is 22.5 Å². The SMILES string of the molecule is O=C1CN(C(=O)CN2c3ccc(F)cc3-c3ccccc3S2(=O)=O)c2ccccc2N1. The van der Waals surface area contributed by atoms with Crippen molar-refractivity contribution in [2.75, 3.05) is 27.6 Å². The summed E-state index contributed by atoms with van der Waals surface area (Å²) in [7, 11) is -4.07. The van der Waals surface area contributed by atoms with Crippen molar-refractivity contribution in [1.29, 1.82) is 0 Å². The number of rotatable bonds is 2. The van der Waals surface area contributed by atoms with Crippen LogP contribution in [0.3, 0.4) is 0 Å². The minimum atomic E-state index is -4.07. The molecule has 0 fully saturated rings. The van der Waals surface area contributed by atoms with Crippen LogP contribution in [-0.2, 0) is 19.6 Å². The van der Waals surface area contributed by atoms with Crippen LogP contribution in [-0.4, -0.2) is 33.3 Å². The van der Waals surface area contributed by atoms with E-state index in [0.717, 1.165) is 10.4 Å². The van der Waals surface area contributed by atoms with Crippen LogP contribution in [0.4, 0.5) is 21.5 Å². The Hall–Kier alpha value is -3.72. The van der Waals surface area contributed by atoms with Crippen LogP contribution in [0.1, 0.15) is 0 Å². The lowest BCUT2D eigenvalue weighted by Gasteiger charge is -2.34. The van der Waals surface area contributed by atoms with Crippen molar-refractivity contribution >= 4 is 38.9 Å². The van der Waals surface area contributed by atoms with Crippen LogP contribution in [0.2, 0.25) is 0 Å². The van der Waals surface area contributed by atoms with Gasteiger partial charge in [-0.1, -0.05) is 30.3 Å². The van der Waals surface area contributed by atoms with E-state index in [9.17, 15) is 22.4 Å². The van der Waals surface area contributed by atoms with Gasteiger partial charge in [0.2, 0.25) is 11.8 Å². The summed E-state index contributed by atoms with van der Waals surface area (Å²) in [4.78, 5) is 26.6. The first kappa shape index (κ1) is 19.3. The van der Waals surface area contributed by atoms with Gasteiger partial charge in [-0.05, 0) is 36.4 Å². The predicted octanol–water partition coefficient (Wildman–Crippen LogP) is 2.99. The summed E-state index contributed by atoms with van der Waals surface area (Å²) >= 11 is 0. The molecule has 0 saturated heterocycles. The zero-order valence-corrected chi connectivity index (χ0v) is 16.9. The quantitative estimate of drug-likeness (QED) is 0.668. The maximum absolute atomic E-state index is 14.0. The van der Waals surface area contributed by atoms with E-state index < -0.39 is 28.3 Å². The average Bonchev–Trinajstić information content (AvgIpc) is 2.76. The van der Waals surface area contributed by atoms with Crippen molar-refractivity contribution < 1.29 is 22.4 Å². The first-order valence-electron chi connectivity index (χ1n) is 9.47. The summed E-state index contributed by atoms with van der Waals surface area (Å²) in [6.07, 6.45) is 0. The summed E-state index contributed by atoms with van der Waals surface area (Å²) in [5, 5.41) is 2.69. The molecule has 3 aromatic carbocycles. The first-order chi connectivity index (χ1) is 14.9. The number of nitrogens with one attached hydrogen (secondary N) is 1. The molecular formula is C22H16FN3O4S. The molecule has 0 saturated carbocycles. The van der Waals surface area contributed by atoms with Gasteiger partial charge in [-0.3, -0.25) is 18.8 Å². The Bertz CT molecular complexity index is 1360. The molecular weight excluding hydrogens is 421 g/mol. The molecule has 9 heteroatoms. The number of nitrogens with zero attached hydrogens (tertiary/aromatic N) is 2. The van der Waals surface area contributed by atoms with Crippen LogP contribution in [0.5, 0.6) is 0 Å². The van der Waals surface area contributed by atoms with Gasteiger partial charge in [0.25, 0.3) is 10.0 Å². The van der Waals surface area contributed by atoms with Crippen LogP contribution in [0.15, 0.2) is 71.6 Å². The summed E-state index contributed by atoms with van der Waals surface area (Å²) in [6, 6.07) is 16.8. The Morgan fingerprint density at radius 3 is 2.55 bits per heavy atom. The molecule has 0 radical (unpaired) electrons. The van der Waals surface area contributed by atoms with Gasteiger partial charge in [-0.2, -0.15) is 0 Å². The topological polar surface area (TPSA) is 86.8 Å². The molecule has 2 heterocycles. The maximum atomic E-state index is 14.0. The van der Waals surface area contributed by atoms with E-state index in [1.54, 1.807) is 42.5 Å². The molecule has 5 rings (SSSR count). The van der Waals surface area contributed by atoms with Gasteiger partial charge in [0.15, 0.2) is 0 Å². The van der Waals surface area contributed by atoms with E-state index in [-0.39, 0.29) is 23.0 Å². The van der Waals surface area contributed by atoms with Gasteiger partial charge in [-0.25, -0.2) is 12.8 Å². The zero-order valence-electron chi connectivity index (χ0n) is 16.1. The predicted molar refractivity (Wildman–Crippen MR) is 114 cm³/mol. The molecule has 0 aliphatic carbocycles. The van der Waals surface area contributed by atoms with Gasteiger partial charge in [0.1, 0.15) is 18.9 Å². The van der Waals surface area contributed by atoms with Gasteiger partial charge >= 0.3 is 0 Å². The molecule has 2 amide bonds. The van der Waals surface area contributed by atoms with Crippen molar-refractivity contribution in [2.45, 2.75) is 4.90 Å². The molecule has 0 aromatic heterocycles. The standard InChI is InChI=1S/C22H16FN3O4S/c23-14-9-10-18-16(11-14)15-5-1-4-8-20(15)31(29,30)26(18)13-22(28)25-12-21(27)24-17-6-2-3-7-19(17)25/h1-11H,12-13H2,(H,24,27). The van der Waals surface area contributed by atoms with Gasteiger partial charge in [0, 0.05) is 11.1 Å². The Kier molecular flexibility index (Phi) is 4.30. The second-order valence-electron chi connectivity index (χ2n) is 7.21. The number of fused-ring (bicyclic) bond motifs is 4. The number of anilines is 3. The zero-order chi connectivity index (χ0) is 21.8. The molecule has 2 aliphatic heterocycles. The Morgan fingerprint density at radius 1 is 0.968 bits per heavy atom. The Morgan fingerprint density at radius 2 is 1.71 bits per heavy atom. The smallest absolute Gasteiger partial charge is 0.265 e. The van der Waals surface area contributed by atoms with Crippen molar-refractivity contribution in [3.05, 3.63) is 72.5 Å². The molecule has 7 nitrogen and oxygen atoms in total.